The highest BCUT2D eigenvalue weighted by atomic mass is 16.1. The zero-order valence-electron chi connectivity index (χ0n) is 13.8. The van der Waals surface area contributed by atoms with Gasteiger partial charge in [-0.05, 0) is 45.3 Å². The first kappa shape index (κ1) is 17.0. The number of carbonyl (C=O) groups is 1. The number of amides is 1. The summed E-state index contributed by atoms with van der Waals surface area (Å²) >= 11 is 0. The summed E-state index contributed by atoms with van der Waals surface area (Å²) in [5, 5.41) is 6.26. The molecule has 1 unspecified atom stereocenters. The zero-order chi connectivity index (χ0) is 15.8. The van der Waals surface area contributed by atoms with E-state index >= 15 is 0 Å². The van der Waals surface area contributed by atoms with Crippen LogP contribution < -0.4 is 10.6 Å². The molecule has 4 heteroatoms. The summed E-state index contributed by atoms with van der Waals surface area (Å²) in [5.74, 6) is 0.199. The van der Waals surface area contributed by atoms with Crippen molar-refractivity contribution in [2.75, 3.05) is 26.7 Å². The van der Waals surface area contributed by atoms with E-state index in [-0.39, 0.29) is 5.91 Å². The molecule has 0 aliphatic carbocycles. The number of nitrogens with zero attached hydrogens (tertiary/aromatic N) is 1. The Morgan fingerprint density at radius 1 is 1.27 bits per heavy atom. The van der Waals surface area contributed by atoms with E-state index in [9.17, 15) is 4.79 Å². The van der Waals surface area contributed by atoms with Gasteiger partial charge >= 0.3 is 0 Å². The first-order valence-electron chi connectivity index (χ1n) is 8.43. The van der Waals surface area contributed by atoms with Crippen molar-refractivity contribution in [3.8, 4) is 0 Å². The predicted molar refractivity (Wildman–Crippen MR) is 90.8 cm³/mol. The van der Waals surface area contributed by atoms with Gasteiger partial charge in [0.2, 0.25) is 5.91 Å². The fourth-order valence-corrected chi connectivity index (χ4v) is 3.10. The molecule has 0 saturated carbocycles. The summed E-state index contributed by atoms with van der Waals surface area (Å²) in [4.78, 5) is 14.4. The van der Waals surface area contributed by atoms with Gasteiger partial charge in [-0.15, -0.1) is 0 Å². The van der Waals surface area contributed by atoms with Crippen molar-refractivity contribution in [3.05, 3.63) is 35.9 Å². The van der Waals surface area contributed by atoms with Gasteiger partial charge in [0.25, 0.3) is 0 Å². The molecular weight excluding hydrogens is 274 g/mol. The van der Waals surface area contributed by atoms with Crippen molar-refractivity contribution in [1.82, 2.24) is 15.5 Å². The number of hydrogen-bond donors (Lipinski definition) is 2. The minimum Gasteiger partial charge on any atom is -0.353 e. The Morgan fingerprint density at radius 2 is 1.95 bits per heavy atom. The quantitative estimate of drug-likeness (QED) is 0.760. The van der Waals surface area contributed by atoms with Crippen molar-refractivity contribution < 1.29 is 4.79 Å². The Labute approximate surface area is 134 Å². The standard InChI is InChI=1S/C18H29N3O/c1-15(16-7-4-3-5-8-16)21-13-10-17(11-14-21)20-18(22)9-6-12-19-2/h3-5,7-8,15,17,19H,6,9-14H2,1-2H3,(H,20,22). The molecule has 122 valence electrons. The van der Waals surface area contributed by atoms with Gasteiger partial charge in [0.1, 0.15) is 0 Å². The van der Waals surface area contributed by atoms with Crippen LogP contribution in [0.2, 0.25) is 0 Å². The van der Waals surface area contributed by atoms with Crippen molar-refractivity contribution >= 4 is 5.91 Å². The largest absolute Gasteiger partial charge is 0.353 e. The van der Waals surface area contributed by atoms with Gasteiger partial charge < -0.3 is 10.6 Å². The van der Waals surface area contributed by atoms with E-state index in [0.717, 1.165) is 38.9 Å². The maximum absolute atomic E-state index is 11.9. The molecule has 1 heterocycles. The lowest BCUT2D eigenvalue weighted by molar-refractivity contribution is -0.122. The van der Waals surface area contributed by atoms with Crippen LogP contribution in [0, 0.1) is 0 Å². The van der Waals surface area contributed by atoms with Gasteiger partial charge in [0, 0.05) is 31.6 Å². The summed E-state index contributed by atoms with van der Waals surface area (Å²) in [7, 11) is 1.92. The lowest BCUT2D eigenvalue weighted by atomic mass is 10.00. The van der Waals surface area contributed by atoms with E-state index in [1.54, 1.807) is 0 Å². The highest BCUT2D eigenvalue weighted by molar-refractivity contribution is 5.76. The number of piperidine rings is 1. The molecule has 4 nitrogen and oxygen atoms in total. The molecular formula is C18H29N3O. The Bertz CT molecular complexity index is 441. The molecule has 0 bridgehead atoms. The summed E-state index contributed by atoms with van der Waals surface area (Å²) in [6.45, 7) is 5.28. The summed E-state index contributed by atoms with van der Waals surface area (Å²) < 4.78 is 0. The Kier molecular flexibility index (Phi) is 6.87. The molecule has 0 spiro atoms. The number of nitrogens with one attached hydrogen (secondary N) is 2. The second kappa shape index (κ2) is 8.91. The fraction of sp³-hybridized carbons (Fsp3) is 0.611. The minimum absolute atomic E-state index is 0.199. The number of likely N-dealkylation sites (tertiary alicyclic amines) is 1. The van der Waals surface area contributed by atoms with Crippen LogP contribution in [-0.4, -0.2) is 43.5 Å². The molecule has 1 aromatic rings. The molecule has 0 radical (unpaired) electrons. The third kappa shape index (κ3) is 5.11. The molecule has 22 heavy (non-hydrogen) atoms. The molecule has 1 atom stereocenters. The van der Waals surface area contributed by atoms with Crippen LogP contribution in [0.1, 0.15) is 44.2 Å². The average Bonchev–Trinajstić information content (AvgIpc) is 2.56. The van der Waals surface area contributed by atoms with Crippen LogP contribution in [0.3, 0.4) is 0 Å². The highest BCUT2D eigenvalue weighted by Crippen LogP contribution is 2.23. The van der Waals surface area contributed by atoms with Crippen LogP contribution in [0.25, 0.3) is 0 Å². The molecule has 1 fully saturated rings. The van der Waals surface area contributed by atoms with Gasteiger partial charge in [0.15, 0.2) is 0 Å². The first-order valence-corrected chi connectivity index (χ1v) is 8.43. The third-order valence-electron chi connectivity index (χ3n) is 4.55. The number of benzene rings is 1. The molecule has 0 aromatic heterocycles. The normalized spacial score (nSPS) is 18.1. The topological polar surface area (TPSA) is 44.4 Å². The van der Waals surface area contributed by atoms with Gasteiger partial charge in [-0.1, -0.05) is 30.3 Å². The molecule has 1 saturated heterocycles. The van der Waals surface area contributed by atoms with Gasteiger partial charge in [-0.25, -0.2) is 0 Å². The van der Waals surface area contributed by atoms with Crippen molar-refractivity contribution in [2.24, 2.45) is 0 Å². The lowest BCUT2D eigenvalue weighted by Crippen LogP contribution is -2.45. The van der Waals surface area contributed by atoms with E-state index in [2.05, 4.69) is 52.8 Å². The van der Waals surface area contributed by atoms with Crippen LogP contribution >= 0.6 is 0 Å². The monoisotopic (exact) mass is 303 g/mol. The highest BCUT2D eigenvalue weighted by Gasteiger charge is 2.24. The van der Waals surface area contributed by atoms with E-state index in [0.29, 0.717) is 18.5 Å². The van der Waals surface area contributed by atoms with Gasteiger partial charge in [-0.2, -0.15) is 0 Å². The van der Waals surface area contributed by atoms with Crippen LogP contribution in [-0.2, 0) is 4.79 Å². The maximum atomic E-state index is 11.9. The van der Waals surface area contributed by atoms with E-state index in [1.165, 1.54) is 5.56 Å². The predicted octanol–water partition coefficient (Wildman–Crippen LogP) is 2.33. The minimum atomic E-state index is 0.199. The molecule has 1 aliphatic heterocycles. The number of hydrogen-bond acceptors (Lipinski definition) is 3. The summed E-state index contributed by atoms with van der Waals surface area (Å²) in [6, 6.07) is 11.5. The Morgan fingerprint density at radius 3 is 2.59 bits per heavy atom. The van der Waals surface area contributed by atoms with E-state index < -0.39 is 0 Å². The fourth-order valence-electron chi connectivity index (χ4n) is 3.10. The van der Waals surface area contributed by atoms with Gasteiger partial charge in [-0.3, -0.25) is 9.69 Å². The Hall–Kier alpha value is -1.39. The first-order chi connectivity index (χ1) is 10.7. The van der Waals surface area contributed by atoms with E-state index in [4.69, 9.17) is 0 Å². The zero-order valence-corrected chi connectivity index (χ0v) is 13.8. The third-order valence-corrected chi connectivity index (χ3v) is 4.55. The maximum Gasteiger partial charge on any atom is 0.220 e. The van der Waals surface area contributed by atoms with Crippen molar-refractivity contribution in [2.45, 2.75) is 44.7 Å². The number of rotatable bonds is 7. The summed E-state index contributed by atoms with van der Waals surface area (Å²) in [6.07, 6.45) is 3.64. The molecule has 2 rings (SSSR count). The Balaban J connectivity index is 1.72. The average molecular weight is 303 g/mol. The summed E-state index contributed by atoms with van der Waals surface area (Å²) in [5.41, 5.74) is 1.37. The van der Waals surface area contributed by atoms with Crippen LogP contribution in [0.15, 0.2) is 30.3 Å². The molecule has 1 amide bonds. The van der Waals surface area contributed by atoms with Gasteiger partial charge in [0.05, 0.1) is 0 Å². The SMILES string of the molecule is CNCCCC(=O)NC1CCN(C(C)c2ccccc2)CC1. The van der Waals surface area contributed by atoms with Crippen LogP contribution in [0.5, 0.6) is 0 Å². The van der Waals surface area contributed by atoms with Crippen molar-refractivity contribution in [3.63, 3.8) is 0 Å². The van der Waals surface area contributed by atoms with Crippen molar-refractivity contribution in [1.29, 1.82) is 0 Å². The van der Waals surface area contributed by atoms with E-state index in [1.807, 2.05) is 7.05 Å². The second-order valence-electron chi connectivity index (χ2n) is 6.17. The van der Waals surface area contributed by atoms with Crippen LogP contribution in [0.4, 0.5) is 0 Å². The lowest BCUT2D eigenvalue weighted by Gasteiger charge is -2.36. The molecule has 2 N–H and O–H groups in total. The second-order valence-corrected chi connectivity index (χ2v) is 6.17. The smallest absolute Gasteiger partial charge is 0.220 e. The number of carbonyl (C=O) groups excluding carboxylic acids is 1. The molecule has 1 aromatic carbocycles. The molecule has 1 aliphatic rings.